The molecule has 1 saturated heterocycles. The van der Waals surface area contributed by atoms with Crippen LogP contribution in [0.25, 0.3) is 22.2 Å². The van der Waals surface area contributed by atoms with E-state index in [9.17, 15) is 0 Å². The molecule has 2 aromatic heterocycles. The number of rotatable bonds is 5. The van der Waals surface area contributed by atoms with Crippen molar-refractivity contribution >= 4 is 16.9 Å². The summed E-state index contributed by atoms with van der Waals surface area (Å²) in [6.07, 6.45) is 8.44. The molecule has 0 radical (unpaired) electrons. The highest BCUT2D eigenvalue weighted by Crippen LogP contribution is 2.39. The summed E-state index contributed by atoms with van der Waals surface area (Å²) in [5, 5.41) is 0.926. The number of nitrogens with two attached hydrogens (primary N) is 2. The summed E-state index contributed by atoms with van der Waals surface area (Å²) in [6, 6.07) is 19.4. The van der Waals surface area contributed by atoms with Gasteiger partial charge in [-0.25, -0.2) is 9.97 Å². The zero-order valence-corrected chi connectivity index (χ0v) is 19.2. The van der Waals surface area contributed by atoms with E-state index < -0.39 is 0 Å². The largest absolute Gasteiger partial charge is 0.457 e. The third-order valence-corrected chi connectivity index (χ3v) is 7.30. The Bertz CT molecular complexity index is 1270. The lowest BCUT2D eigenvalue weighted by atomic mass is 9.88. The van der Waals surface area contributed by atoms with Gasteiger partial charge in [0, 0.05) is 43.0 Å². The minimum atomic E-state index is 0.359. The van der Waals surface area contributed by atoms with Gasteiger partial charge in [-0.3, -0.25) is 4.90 Å². The summed E-state index contributed by atoms with van der Waals surface area (Å²) < 4.78 is 8.29. The number of aromatic nitrogens is 3. The molecule has 0 unspecified atom stereocenters. The first-order valence-electron chi connectivity index (χ1n) is 12.1. The molecule has 7 heteroatoms. The minimum absolute atomic E-state index is 0.359. The molecule has 6 rings (SSSR count). The maximum absolute atomic E-state index is 6.36. The number of anilines is 1. The van der Waals surface area contributed by atoms with Crippen molar-refractivity contribution in [3.05, 3.63) is 67.1 Å². The van der Waals surface area contributed by atoms with Crippen LogP contribution >= 0.6 is 0 Å². The Kier molecular flexibility index (Phi) is 5.43. The fraction of sp³-hybridized carbons (Fsp3) is 0.333. The van der Waals surface area contributed by atoms with E-state index in [-0.39, 0.29) is 0 Å². The second-order valence-corrected chi connectivity index (χ2v) is 9.52. The van der Waals surface area contributed by atoms with E-state index in [1.165, 1.54) is 12.8 Å². The fourth-order valence-corrected chi connectivity index (χ4v) is 5.48. The molecule has 1 aliphatic heterocycles. The van der Waals surface area contributed by atoms with Gasteiger partial charge >= 0.3 is 0 Å². The normalized spacial score (nSPS) is 21.4. The summed E-state index contributed by atoms with van der Waals surface area (Å²) >= 11 is 0. The quantitative estimate of drug-likeness (QED) is 0.458. The molecule has 1 saturated carbocycles. The van der Waals surface area contributed by atoms with Crippen LogP contribution < -0.4 is 16.2 Å². The van der Waals surface area contributed by atoms with Gasteiger partial charge in [-0.15, -0.1) is 0 Å². The first-order valence-corrected chi connectivity index (χ1v) is 12.1. The number of nitrogens with zero attached hydrogens (tertiary/aromatic N) is 4. The lowest BCUT2D eigenvalue weighted by Gasteiger charge is -2.45. The summed E-state index contributed by atoms with van der Waals surface area (Å²) in [5.41, 5.74) is 15.4. The molecule has 2 aromatic carbocycles. The SMILES string of the molecule is Nc1ncnc2c1c(-c1ccc(Oc3ccccc3)cc1)cn2[C@H]1CC[C@H](N2CC(N)C2)CC1. The van der Waals surface area contributed by atoms with E-state index in [2.05, 4.69) is 37.8 Å². The van der Waals surface area contributed by atoms with Crippen molar-refractivity contribution in [1.29, 1.82) is 0 Å². The van der Waals surface area contributed by atoms with Crippen LogP contribution in [-0.4, -0.2) is 44.6 Å². The second kappa shape index (κ2) is 8.74. The van der Waals surface area contributed by atoms with Crippen LogP contribution in [0, 0.1) is 0 Å². The number of para-hydroxylation sites is 1. The molecular weight excluding hydrogens is 424 g/mol. The van der Waals surface area contributed by atoms with Gasteiger partial charge in [-0.05, 0) is 55.5 Å². The van der Waals surface area contributed by atoms with Crippen LogP contribution in [0.4, 0.5) is 5.82 Å². The molecular formula is C27H30N6O. The van der Waals surface area contributed by atoms with Gasteiger partial charge in [0.1, 0.15) is 29.3 Å². The Morgan fingerprint density at radius 1 is 0.824 bits per heavy atom. The van der Waals surface area contributed by atoms with Gasteiger partial charge in [0.25, 0.3) is 0 Å². The van der Waals surface area contributed by atoms with Crippen molar-refractivity contribution in [2.75, 3.05) is 18.8 Å². The first-order chi connectivity index (χ1) is 16.7. The number of benzene rings is 2. The monoisotopic (exact) mass is 454 g/mol. The first kappa shape index (κ1) is 21.1. The molecule has 3 heterocycles. The second-order valence-electron chi connectivity index (χ2n) is 9.52. The Hall–Kier alpha value is -3.42. The molecule has 0 bridgehead atoms. The molecule has 0 amide bonds. The predicted molar refractivity (Wildman–Crippen MR) is 135 cm³/mol. The standard InChI is InChI=1S/C27H30N6O/c28-19-14-32(15-19)20-8-10-21(11-9-20)33-16-24(25-26(29)30-17-31-27(25)33)18-6-12-23(13-7-18)34-22-4-2-1-3-5-22/h1-7,12-13,16-17,19-21H,8-11,14-15,28H2,(H2,29,30,31)/t20-,21-. The van der Waals surface area contributed by atoms with Crippen LogP contribution in [0.5, 0.6) is 11.5 Å². The molecule has 0 spiro atoms. The maximum Gasteiger partial charge on any atom is 0.146 e. The van der Waals surface area contributed by atoms with Gasteiger partial charge < -0.3 is 20.8 Å². The molecule has 4 N–H and O–H groups in total. The van der Waals surface area contributed by atoms with Crippen molar-refractivity contribution in [3.8, 4) is 22.6 Å². The van der Waals surface area contributed by atoms with Crippen LogP contribution in [-0.2, 0) is 0 Å². The lowest BCUT2D eigenvalue weighted by molar-refractivity contribution is 0.0628. The molecule has 2 aliphatic rings. The van der Waals surface area contributed by atoms with Crippen LogP contribution in [0.3, 0.4) is 0 Å². The number of fused-ring (bicyclic) bond motifs is 1. The van der Waals surface area contributed by atoms with Crippen molar-refractivity contribution < 1.29 is 4.74 Å². The molecule has 1 aliphatic carbocycles. The summed E-state index contributed by atoms with van der Waals surface area (Å²) in [5.74, 6) is 2.14. The van der Waals surface area contributed by atoms with Crippen molar-refractivity contribution in [2.24, 2.45) is 5.73 Å². The van der Waals surface area contributed by atoms with Crippen LogP contribution in [0.15, 0.2) is 67.1 Å². The Balaban J connectivity index is 1.27. The highest BCUT2D eigenvalue weighted by molar-refractivity contribution is 6.00. The topological polar surface area (TPSA) is 95.2 Å². The minimum Gasteiger partial charge on any atom is -0.457 e. The van der Waals surface area contributed by atoms with Gasteiger partial charge in [0.05, 0.1) is 5.39 Å². The molecule has 0 atom stereocenters. The van der Waals surface area contributed by atoms with Crippen LogP contribution in [0.1, 0.15) is 31.7 Å². The smallest absolute Gasteiger partial charge is 0.146 e. The average Bonchev–Trinajstić information content (AvgIpc) is 3.24. The van der Waals surface area contributed by atoms with E-state index in [4.69, 9.17) is 16.2 Å². The third-order valence-electron chi connectivity index (χ3n) is 7.30. The Labute approximate surface area is 199 Å². The van der Waals surface area contributed by atoms with Crippen LogP contribution in [0.2, 0.25) is 0 Å². The number of likely N-dealkylation sites (tertiary alicyclic amines) is 1. The zero-order valence-electron chi connectivity index (χ0n) is 19.2. The molecule has 7 nitrogen and oxygen atoms in total. The van der Waals surface area contributed by atoms with Crippen molar-refractivity contribution in [2.45, 2.75) is 43.8 Å². The van der Waals surface area contributed by atoms with Gasteiger partial charge in [-0.1, -0.05) is 30.3 Å². The molecule has 34 heavy (non-hydrogen) atoms. The molecule has 174 valence electrons. The van der Waals surface area contributed by atoms with E-state index in [1.54, 1.807) is 6.33 Å². The van der Waals surface area contributed by atoms with Gasteiger partial charge in [-0.2, -0.15) is 0 Å². The number of ether oxygens (including phenoxy) is 1. The number of hydrogen-bond acceptors (Lipinski definition) is 6. The van der Waals surface area contributed by atoms with E-state index in [0.29, 0.717) is 23.9 Å². The average molecular weight is 455 g/mol. The van der Waals surface area contributed by atoms with E-state index in [0.717, 1.165) is 59.6 Å². The van der Waals surface area contributed by atoms with E-state index in [1.807, 2.05) is 42.5 Å². The lowest BCUT2D eigenvalue weighted by Crippen LogP contribution is -2.59. The molecule has 4 aromatic rings. The highest BCUT2D eigenvalue weighted by Gasteiger charge is 2.33. The van der Waals surface area contributed by atoms with Gasteiger partial charge in [0.15, 0.2) is 0 Å². The van der Waals surface area contributed by atoms with E-state index >= 15 is 0 Å². The van der Waals surface area contributed by atoms with Crippen molar-refractivity contribution in [3.63, 3.8) is 0 Å². The third kappa shape index (κ3) is 3.91. The fourth-order valence-electron chi connectivity index (χ4n) is 5.48. The number of hydrogen-bond donors (Lipinski definition) is 2. The van der Waals surface area contributed by atoms with Gasteiger partial charge in [0.2, 0.25) is 0 Å². The Morgan fingerprint density at radius 2 is 1.50 bits per heavy atom. The summed E-state index contributed by atoms with van der Waals surface area (Å²) in [6.45, 7) is 2.08. The molecule has 2 fully saturated rings. The van der Waals surface area contributed by atoms with Crippen molar-refractivity contribution in [1.82, 2.24) is 19.4 Å². The highest BCUT2D eigenvalue weighted by atomic mass is 16.5. The maximum atomic E-state index is 6.36. The Morgan fingerprint density at radius 3 is 2.21 bits per heavy atom. The number of nitrogen functional groups attached to an aromatic ring is 1. The predicted octanol–water partition coefficient (Wildman–Crippen LogP) is 4.60. The summed E-state index contributed by atoms with van der Waals surface area (Å²) in [4.78, 5) is 11.5. The zero-order chi connectivity index (χ0) is 23.1. The summed E-state index contributed by atoms with van der Waals surface area (Å²) in [7, 11) is 0.